The summed E-state index contributed by atoms with van der Waals surface area (Å²) in [4.78, 5) is 20.1. The van der Waals surface area contributed by atoms with Gasteiger partial charge in [-0.05, 0) is 45.6 Å². The molecule has 1 aliphatic heterocycles. The van der Waals surface area contributed by atoms with Gasteiger partial charge in [-0.15, -0.1) is 11.3 Å². The van der Waals surface area contributed by atoms with E-state index in [0.717, 1.165) is 21.1 Å². The lowest BCUT2D eigenvalue weighted by molar-refractivity contribution is -0.125. The van der Waals surface area contributed by atoms with E-state index in [1.54, 1.807) is 11.3 Å². The average Bonchev–Trinajstić information content (AvgIpc) is 3.10. The van der Waals surface area contributed by atoms with Crippen LogP contribution < -0.4 is 14.8 Å². The second kappa shape index (κ2) is 6.78. The summed E-state index contributed by atoms with van der Waals surface area (Å²) in [5, 5.41) is 4.03. The lowest BCUT2D eigenvalue weighted by Gasteiger charge is -2.24. The Hall–Kier alpha value is -2.12. The van der Waals surface area contributed by atoms with Crippen LogP contribution in [0.4, 0.5) is 0 Å². The summed E-state index contributed by atoms with van der Waals surface area (Å²) < 4.78 is 10.8. The first-order valence-corrected chi connectivity index (χ1v) is 8.54. The fourth-order valence-electron chi connectivity index (χ4n) is 2.77. The molecule has 1 aliphatic rings. The van der Waals surface area contributed by atoms with Crippen LogP contribution >= 0.6 is 11.3 Å². The highest BCUT2D eigenvalue weighted by molar-refractivity contribution is 7.11. The van der Waals surface area contributed by atoms with Crippen molar-refractivity contribution in [2.24, 2.45) is 0 Å². The summed E-state index contributed by atoms with van der Waals surface area (Å²) in [5.74, 6) is 1.35. The normalized spacial score (nSPS) is 14.0. The van der Waals surface area contributed by atoms with Gasteiger partial charge in [-0.2, -0.15) is 0 Å². The first kappa shape index (κ1) is 16.7. The zero-order valence-electron chi connectivity index (χ0n) is 14.3. The Morgan fingerprint density at radius 1 is 1.33 bits per heavy atom. The van der Waals surface area contributed by atoms with Gasteiger partial charge in [0.1, 0.15) is 6.04 Å². The van der Waals surface area contributed by atoms with E-state index < -0.39 is 6.04 Å². The van der Waals surface area contributed by atoms with Gasteiger partial charge in [-0.25, -0.2) is 4.98 Å². The van der Waals surface area contributed by atoms with Gasteiger partial charge in [-0.1, -0.05) is 6.07 Å². The van der Waals surface area contributed by atoms with E-state index in [1.165, 1.54) is 0 Å². The van der Waals surface area contributed by atoms with Crippen LogP contribution in [0.1, 0.15) is 27.2 Å². The van der Waals surface area contributed by atoms with E-state index in [2.05, 4.69) is 10.3 Å². The summed E-state index contributed by atoms with van der Waals surface area (Å²) >= 11 is 1.61. The number of fused-ring (bicyclic) bond motifs is 1. The predicted octanol–water partition coefficient (Wildman–Crippen LogP) is 2.41. The molecule has 128 valence electrons. The van der Waals surface area contributed by atoms with E-state index in [9.17, 15) is 4.79 Å². The number of nitrogens with zero attached hydrogens (tertiary/aromatic N) is 2. The molecule has 0 spiro atoms. The number of aryl methyl sites for hydroxylation is 2. The highest BCUT2D eigenvalue weighted by Gasteiger charge is 2.25. The Labute approximate surface area is 145 Å². The quantitative estimate of drug-likeness (QED) is 0.900. The number of hydrogen-bond acceptors (Lipinski definition) is 6. The van der Waals surface area contributed by atoms with E-state index in [-0.39, 0.29) is 12.7 Å². The number of carbonyl (C=O) groups excluding carboxylic acids is 1. The number of ether oxygens (including phenoxy) is 2. The highest BCUT2D eigenvalue weighted by atomic mass is 32.1. The van der Waals surface area contributed by atoms with Crippen LogP contribution in [0, 0.1) is 13.8 Å². The summed E-state index contributed by atoms with van der Waals surface area (Å²) in [6.07, 6.45) is 0. The first-order valence-electron chi connectivity index (χ1n) is 7.72. The molecule has 1 aromatic carbocycles. The fraction of sp³-hybridized carbons (Fsp3) is 0.412. The summed E-state index contributed by atoms with van der Waals surface area (Å²) in [5.41, 5.74) is 1.85. The molecule has 0 fully saturated rings. The maximum Gasteiger partial charge on any atom is 0.242 e. The van der Waals surface area contributed by atoms with E-state index >= 15 is 0 Å². The third-order valence-electron chi connectivity index (χ3n) is 3.90. The molecule has 0 radical (unpaired) electrons. The minimum absolute atomic E-state index is 0.0516. The standard InChI is InChI=1S/C17H21N3O3S/c1-10-15(24-11(2)19-10)8-18-17(21)16(20(3)4)12-5-6-13-14(7-12)23-9-22-13/h5-7,16H,8-9H2,1-4H3,(H,18,21). The Balaban J connectivity index is 1.75. The predicted molar refractivity (Wildman–Crippen MR) is 92.4 cm³/mol. The third-order valence-corrected chi connectivity index (χ3v) is 4.97. The van der Waals surface area contributed by atoms with Gasteiger partial charge in [0, 0.05) is 4.88 Å². The molecule has 0 aliphatic carbocycles. The molecular weight excluding hydrogens is 326 g/mol. The molecule has 2 heterocycles. The number of aromatic nitrogens is 1. The van der Waals surface area contributed by atoms with Crippen LogP contribution in [-0.2, 0) is 11.3 Å². The maximum absolute atomic E-state index is 12.7. The van der Waals surface area contributed by atoms with Gasteiger partial charge in [0.25, 0.3) is 0 Å². The number of hydrogen-bond donors (Lipinski definition) is 1. The van der Waals surface area contributed by atoms with Crippen molar-refractivity contribution in [3.05, 3.63) is 39.3 Å². The van der Waals surface area contributed by atoms with Crippen LogP contribution in [0.15, 0.2) is 18.2 Å². The van der Waals surface area contributed by atoms with Gasteiger partial charge in [0.15, 0.2) is 11.5 Å². The van der Waals surface area contributed by atoms with Crippen molar-refractivity contribution >= 4 is 17.2 Å². The van der Waals surface area contributed by atoms with Crippen LogP contribution in [0.5, 0.6) is 11.5 Å². The smallest absolute Gasteiger partial charge is 0.242 e. The van der Waals surface area contributed by atoms with Crippen molar-refractivity contribution in [1.29, 1.82) is 0 Å². The van der Waals surface area contributed by atoms with Crippen molar-refractivity contribution in [3.63, 3.8) is 0 Å². The Morgan fingerprint density at radius 2 is 2.08 bits per heavy atom. The highest BCUT2D eigenvalue weighted by Crippen LogP contribution is 2.35. The molecule has 1 amide bonds. The fourth-order valence-corrected chi connectivity index (χ4v) is 3.65. The second-order valence-corrected chi connectivity index (χ2v) is 7.23. The number of thiazole rings is 1. The minimum Gasteiger partial charge on any atom is -0.454 e. The van der Waals surface area contributed by atoms with Gasteiger partial charge in [-0.3, -0.25) is 9.69 Å². The van der Waals surface area contributed by atoms with Crippen LogP contribution in [0.3, 0.4) is 0 Å². The number of benzene rings is 1. The van der Waals surface area contributed by atoms with Crippen LogP contribution in [0.2, 0.25) is 0 Å². The Kier molecular flexibility index (Phi) is 4.73. The van der Waals surface area contributed by atoms with Crippen LogP contribution in [0.25, 0.3) is 0 Å². The molecule has 2 aromatic rings. The Morgan fingerprint density at radius 3 is 2.75 bits per heavy atom. The first-order chi connectivity index (χ1) is 11.5. The second-order valence-electron chi connectivity index (χ2n) is 5.94. The average molecular weight is 347 g/mol. The molecule has 0 saturated carbocycles. The molecule has 6 nitrogen and oxygen atoms in total. The van der Waals surface area contributed by atoms with Crippen molar-refractivity contribution in [1.82, 2.24) is 15.2 Å². The van der Waals surface area contributed by atoms with Crippen LogP contribution in [-0.4, -0.2) is 36.7 Å². The largest absolute Gasteiger partial charge is 0.454 e. The minimum atomic E-state index is -0.395. The molecule has 3 rings (SSSR count). The number of amides is 1. The van der Waals surface area contributed by atoms with Gasteiger partial charge >= 0.3 is 0 Å². The molecular formula is C17H21N3O3S. The summed E-state index contributed by atoms with van der Waals surface area (Å²) in [6.45, 7) is 4.65. The lowest BCUT2D eigenvalue weighted by Crippen LogP contribution is -2.36. The van der Waals surface area contributed by atoms with Crippen molar-refractivity contribution in [2.75, 3.05) is 20.9 Å². The summed E-state index contributed by atoms with van der Waals surface area (Å²) in [6, 6.07) is 5.22. The summed E-state index contributed by atoms with van der Waals surface area (Å²) in [7, 11) is 3.77. The van der Waals surface area contributed by atoms with Crippen molar-refractivity contribution < 1.29 is 14.3 Å². The third kappa shape index (κ3) is 3.37. The molecule has 7 heteroatoms. The maximum atomic E-state index is 12.7. The Bertz CT molecular complexity index is 758. The molecule has 24 heavy (non-hydrogen) atoms. The van der Waals surface area contributed by atoms with Gasteiger partial charge in [0.05, 0.1) is 17.2 Å². The molecule has 1 N–H and O–H groups in total. The topological polar surface area (TPSA) is 63.7 Å². The van der Waals surface area contributed by atoms with Gasteiger partial charge < -0.3 is 14.8 Å². The number of carbonyl (C=O) groups is 1. The van der Waals surface area contributed by atoms with Gasteiger partial charge in [0.2, 0.25) is 12.7 Å². The molecule has 1 unspecified atom stereocenters. The monoisotopic (exact) mass is 347 g/mol. The van der Waals surface area contributed by atoms with E-state index in [0.29, 0.717) is 18.0 Å². The zero-order chi connectivity index (χ0) is 17.3. The zero-order valence-corrected chi connectivity index (χ0v) is 15.1. The van der Waals surface area contributed by atoms with Crippen molar-refractivity contribution in [3.8, 4) is 11.5 Å². The SMILES string of the molecule is Cc1nc(C)c(CNC(=O)C(c2ccc3c(c2)OCO3)N(C)C)s1. The lowest BCUT2D eigenvalue weighted by atomic mass is 10.0. The molecule has 0 bridgehead atoms. The van der Waals surface area contributed by atoms with E-state index in [1.807, 2.05) is 51.0 Å². The number of nitrogens with one attached hydrogen (secondary N) is 1. The molecule has 0 saturated heterocycles. The number of likely N-dealkylation sites (N-methyl/N-ethyl adjacent to an activating group) is 1. The van der Waals surface area contributed by atoms with Crippen molar-refractivity contribution in [2.45, 2.75) is 26.4 Å². The molecule has 1 atom stereocenters. The molecule has 1 aromatic heterocycles. The number of rotatable bonds is 5. The van der Waals surface area contributed by atoms with E-state index in [4.69, 9.17) is 9.47 Å².